The topological polar surface area (TPSA) is 86.9 Å². The van der Waals surface area contributed by atoms with Crippen LogP contribution in [0.4, 0.5) is 5.82 Å². The summed E-state index contributed by atoms with van der Waals surface area (Å²) in [6.07, 6.45) is 0. The Balaban J connectivity index is 1.36. The molecule has 0 spiro atoms. The Hall–Kier alpha value is -3.93. The number of nitrogens with zero attached hydrogens (tertiary/aromatic N) is 1. The maximum atomic E-state index is 12.6. The van der Waals surface area contributed by atoms with Crippen LogP contribution in [-0.2, 0) is 0 Å². The molecule has 0 radical (unpaired) electrons. The van der Waals surface area contributed by atoms with Crippen molar-refractivity contribution in [2.45, 2.75) is 13.8 Å². The Bertz CT molecular complexity index is 1280. The summed E-state index contributed by atoms with van der Waals surface area (Å²) in [6.45, 7) is 5.18. The van der Waals surface area contributed by atoms with E-state index in [4.69, 9.17) is 0 Å². The first-order valence-corrected chi connectivity index (χ1v) is 10.6. The molecule has 3 aromatic carbocycles. The number of benzene rings is 3. The van der Waals surface area contributed by atoms with Gasteiger partial charge in [-0.3, -0.25) is 9.59 Å². The van der Waals surface area contributed by atoms with E-state index in [9.17, 15) is 9.59 Å². The Labute approximate surface area is 186 Å². The summed E-state index contributed by atoms with van der Waals surface area (Å²) in [7, 11) is 0. The number of rotatable bonds is 7. The van der Waals surface area contributed by atoms with Gasteiger partial charge in [0.05, 0.1) is 5.39 Å². The van der Waals surface area contributed by atoms with Crippen molar-refractivity contribution in [1.29, 1.82) is 0 Å². The van der Waals surface area contributed by atoms with Crippen molar-refractivity contribution in [2.75, 3.05) is 18.4 Å². The van der Waals surface area contributed by atoms with Crippen LogP contribution in [0, 0.1) is 5.41 Å². The number of anilines is 1. The van der Waals surface area contributed by atoms with Crippen LogP contribution in [0.15, 0.2) is 83.7 Å². The molecule has 1 heterocycles. The number of amides is 1. The second-order valence-electron chi connectivity index (χ2n) is 8.59. The molecule has 6 nitrogen and oxygen atoms in total. The number of H-pyrrole nitrogens is 1. The summed E-state index contributed by atoms with van der Waals surface area (Å²) in [5, 5.41) is 14.4. The van der Waals surface area contributed by atoms with Crippen LogP contribution in [0.3, 0.4) is 0 Å². The largest absolute Gasteiger partial charge is 0.368 e. The third-order valence-corrected chi connectivity index (χ3v) is 5.41. The molecule has 1 aromatic heterocycles. The Morgan fingerprint density at radius 3 is 2.19 bits per heavy atom. The molecular weight excluding hydrogens is 400 g/mol. The lowest BCUT2D eigenvalue weighted by Gasteiger charge is -2.26. The average Bonchev–Trinajstić information content (AvgIpc) is 2.83. The first-order chi connectivity index (χ1) is 15.4. The quantitative estimate of drug-likeness (QED) is 0.407. The number of hydrogen-bond donors (Lipinski definition) is 3. The minimum absolute atomic E-state index is 0.106. The monoisotopic (exact) mass is 426 g/mol. The molecule has 1 amide bonds. The second kappa shape index (κ2) is 9.06. The summed E-state index contributed by atoms with van der Waals surface area (Å²) in [4.78, 5) is 24.6. The van der Waals surface area contributed by atoms with Gasteiger partial charge in [-0.1, -0.05) is 74.5 Å². The molecule has 0 fully saturated rings. The molecule has 0 aliphatic rings. The molecule has 0 saturated heterocycles. The highest BCUT2D eigenvalue weighted by atomic mass is 16.1. The molecule has 0 atom stereocenters. The molecule has 162 valence electrons. The minimum Gasteiger partial charge on any atom is -0.368 e. The number of aromatic nitrogens is 2. The number of nitrogens with one attached hydrogen (secondary N) is 3. The van der Waals surface area contributed by atoms with E-state index in [1.165, 1.54) is 0 Å². The fraction of sp³-hybridized carbons (Fsp3) is 0.192. The molecule has 0 aliphatic heterocycles. The maximum absolute atomic E-state index is 12.6. The van der Waals surface area contributed by atoms with E-state index in [-0.39, 0.29) is 16.9 Å². The first kappa shape index (κ1) is 21.3. The maximum Gasteiger partial charge on any atom is 0.272 e. The second-order valence-corrected chi connectivity index (χ2v) is 8.59. The highest BCUT2D eigenvalue weighted by molar-refractivity contribution is 5.94. The van der Waals surface area contributed by atoms with Crippen molar-refractivity contribution < 1.29 is 4.79 Å². The normalized spacial score (nSPS) is 11.3. The van der Waals surface area contributed by atoms with Gasteiger partial charge in [-0.05, 0) is 34.7 Å². The van der Waals surface area contributed by atoms with Crippen molar-refractivity contribution in [3.05, 3.63) is 94.8 Å². The van der Waals surface area contributed by atoms with E-state index in [0.717, 1.165) is 16.5 Å². The molecule has 32 heavy (non-hydrogen) atoms. The zero-order valence-electron chi connectivity index (χ0n) is 18.2. The Kier molecular flexibility index (Phi) is 6.03. The summed E-state index contributed by atoms with van der Waals surface area (Å²) in [5.74, 6) is 0.515. The fourth-order valence-electron chi connectivity index (χ4n) is 3.50. The summed E-state index contributed by atoms with van der Waals surface area (Å²) >= 11 is 0. The van der Waals surface area contributed by atoms with E-state index in [0.29, 0.717) is 29.9 Å². The minimum atomic E-state index is -0.238. The van der Waals surface area contributed by atoms with E-state index in [1.54, 1.807) is 6.07 Å². The van der Waals surface area contributed by atoms with Gasteiger partial charge in [0.25, 0.3) is 11.5 Å². The summed E-state index contributed by atoms with van der Waals surface area (Å²) in [5.41, 5.74) is 2.37. The first-order valence-electron chi connectivity index (χ1n) is 10.6. The zero-order chi connectivity index (χ0) is 22.6. The van der Waals surface area contributed by atoms with Crippen LogP contribution in [0.1, 0.15) is 24.2 Å². The Morgan fingerprint density at radius 2 is 1.47 bits per heavy atom. The lowest BCUT2D eigenvalue weighted by atomic mass is 9.93. The van der Waals surface area contributed by atoms with E-state index >= 15 is 0 Å². The highest BCUT2D eigenvalue weighted by Gasteiger charge is 2.20. The number of carbonyl (C=O) groups excluding carboxylic acids is 1. The lowest BCUT2D eigenvalue weighted by molar-refractivity contribution is 0.0938. The van der Waals surface area contributed by atoms with Crippen molar-refractivity contribution in [1.82, 2.24) is 15.5 Å². The van der Waals surface area contributed by atoms with E-state index < -0.39 is 0 Å². The van der Waals surface area contributed by atoms with Crippen LogP contribution >= 0.6 is 0 Å². The van der Waals surface area contributed by atoms with Crippen molar-refractivity contribution >= 4 is 22.5 Å². The highest BCUT2D eigenvalue weighted by Crippen LogP contribution is 2.21. The van der Waals surface area contributed by atoms with Crippen LogP contribution in [0.2, 0.25) is 0 Å². The Morgan fingerprint density at radius 1 is 0.844 bits per heavy atom. The number of fused-ring (bicyclic) bond motifs is 1. The lowest BCUT2D eigenvalue weighted by Crippen LogP contribution is -2.38. The van der Waals surface area contributed by atoms with Crippen molar-refractivity contribution in [2.24, 2.45) is 5.41 Å². The van der Waals surface area contributed by atoms with Gasteiger partial charge in [-0.2, -0.15) is 5.10 Å². The van der Waals surface area contributed by atoms with Gasteiger partial charge >= 0.3 is 0 Å². The predicted molar refractivity (Wildman–Crippen MR) is 129 cm³/mol. The molecule has 0 bridgehead atoms. The molecular formula is C26H26N4O2. The summed E-state index contributed by atoms with van der Waals surface area (Å²) in [6, 6.07) is 25.0. The molecule has 4 rings (SSSR count). The van der Waals surface area contributed by atoms with Crippen LogP contribution in [-0.4, -0.2) is 29.2 Å². The number of aromatic amines is 1. The van der Waals surface area contributed by atoms with Crippen LogP contribution in [0.5, 0.6) is 0 Å². The van der Waals surface area contributed by atoms with E-state index in [1.807, 2.05) is 72.8 Å². The molecule has 4 aromatic rings. The molecule has 0 aliphatic carbocycles. The van der Waals surface area contributed by atoms with Crippen LogP contribution < -0.4 is 16.2 Å². The zero-order valence-corrected chi connectivity index (χ0v) is 18.2. The third-order valence-electron chi connectivity index (χ3n) is 5.41. The average molecular weight is 427 g/mol. The molecule has 3 N–H and O–H groups in total. The SMILES string of the molecule is CC(C)(CNC(=O)c1ccc(-c2ccccc2)cc1)CNc1n[nH]c(=O)c2ccccc12. The fourth-order valence-corrected chi connectivity index (χ4v) is 3.50. The van der Waals surface area contributed by atoms with Gasteiger partial charge in [0.1, 0.15) is 0 Å². The van der Waals surface area contributed by atoms with Gasteiger partial charge in [0.15, 0.2) is 5.82 Å². The predicted octanol–water partition coefficient (Wildman–Crippen LogP) is 4.46. The molecule has 0 unspecified atom stereocenters. The molecule has 6 heteroatoms. The standard InChI is InChI=1S/C26H26N4O2/c1-26(2,16-27-23-21-10-6-7-11-22(21)25(32)30-29-23)17-28-24(31)20-14-12-19(13-15-20)18-8-4-3-5-9-18/h3-15H,16-17H2,1-2H3,(H,27,29)(H,28,31)(H,30,32). The van der Waals surface area contributed by atoms with Crippen molar-refractivity contribution in [3.8, 4) is 11.1 Å². The van der Waals surface area contributed by atoms with Gasteiger partial charge < -0.3 is 10.6 Å². The van der Waals surface area contributed by atoms with Gasteiger partial charge in [0, 0.05) is 24.0 Å². The van der Waals surface area contributed by atoms with Gasteiger partial charge in [-0.25, -0.2) is 5.10 Å². The summed E-state index contributed by atoms with van der Waals surface area (Å²) < 4.78 is 0. The number of hydrogen-bond acceptors (Lipinski definition) is 4. The van der Waals surface area contributed by atoms with Crippen LogP contribution in [0.25, 0.3) is 21.9 Å². The van der Waals surface area contributed by atoms with E-state index in [2.05, 4.69) is 34.7 Å². The third kappa shape index (κ3) is 4.86. The van der Waals surface area contributed by atoms with Gasteiger partial charge in [0.2, 0.25) is 0 Å². The molecule has 0 saturated carbocycles. The van der Waals surface area contributed by atoms with Gasteiger partial charge in [-0.15, -0.1) is 0 Å². The number of carbonyl (C=O) groups is 1. The van der Waals surface area contributed by atoms with Crippen molar-refractivity contribution in [3.63, 3.8) is 0 Å². The smallest absolute Gasteiger partial charge is 0.272 e.